The van der Waals surface area contributed by atoms with Gasteiger partial charge in [0.25, 0.3) is 5.91 Å². The molecule has 0 aliphatic carbocycles. The largest absolute Gasteiger partial charge is 0.381 e. The van der Waals surface area contributed by atoms with E-state index in [0.29, 0.717) is 18.8 Å². The first-order valence-electron chi connectivity index (χ1n) is 10.2. The van der Waals surface area contributed by atoms with Crippen LogP contribution in [-0.2, 0) is 10.2 Å². The van der Waals surface area contributed by atoms with Crippen LogP contribution in [0.4, 0.5) is 0 Å². The average molecular weight is 435 g/mol. The van der Waals surface area contributed by atoms with Crippen molar-refractivity contribution in [2.45, 2.75) is 25.2 Å². The summed E-state index contributed by atoms with van der Waals surface area (Å²) in [7, 11) is 0. The second kappa shape index (κ2) is 7.88. The number of fused-ring (bicyclic) bond motifs is 1. The van der Waals surface area contributed by atoms with E-state index in [9.17, 15) is 4.79 Å². The quantitative estimate of drug-likeness (QED) is 0.375. The molecule has 1 amide bonds. The van der Waals surface area contributed by atoms with Crippen LogP contribution in [-0.4, -0.2) is 38.7 Å². The maximum atomic E-state index is 11.7. The third-order valence-electron chi connectivity index (χ3n) is 6.01. The highest BCUT2D eigenvalue weighted by Crippen LogP contribution is 2.43. The number of nitrogens with zero attached hydrogens (tertiary/aromatic N) is 3. The first kappa shape index (κ1) is 19.9. The van der Waals surface area contributed by atoms with Crippen molar-refractivity contribution in [3.05, 3.63) is 75.9 Å². The molecule has 0 bridgehead atoms. The van der Waals surface area contributed by atoms with Gasteiger partial charge >= 0.3 is 0 Å². The van der Waals surface area contributed by atoms with Gasteiger partial charge in [0.15, 0.2) is 0 Å². The van der Waals surface area contributed by atoms with Gasteiger partial charge in [-0.2, -0.15) is 0 Å². The number of imidazole rings is 1. The molecule has 0 radical (unpaired) electrons. The van der Waals surface area contributed by atoms with E-state index < -0.39 is 5.91 Å². The molecule has 4 aromatic rings. The molecule has 0 unspecified atom stereocenters. The fourth-order valence-electron chi connectivity index (χ4n) is 4.38. The SMILES string of the molecule is Cc1nc2ccccn2c1-c1csc(C2(c3ccc(C(=O)NO)cc3)CCOCC2)n1. The molecule has 5 rings (SSSR count). The van der Waals surface area contributed by atoms with Crippen molar-refractivity contribution in [3.63, 3.8) is 0 Å². The molecule has 4 heterocycles. The number of benzene rings is 1. The first-order chi connectivity index (χ1) is 15.1. The number of aryl methyl sites for hydroxylation is 1. The Morgan fingerprint density at radius 3 is 2.68 bits per heavy atom. The predicted molar refractivity (Wildman–Crippen MR) is 118 cm³/mol. The van der Waals surface area contributed by atoms with Gasteiger partial charge in [-0.05, 0) is 49.6 Å². The Morgan fingerprint density at radius 2 is 1.94 bits per heavy atom. The van der Waals surface area contributed by atoms with Crippen LogP contribution in [0.15, 0.2) is 54.0 Å². The molecule has 31 heavy (non-hydrogen) atoms. The van der Waals surface area contributed by atoms with Crippen molar-refractivity contribution >= 4 is 22.9 Å². The fourth-order valence-corrected chi connectivity index (χ4v) is 5.46. The Bertz CT molecular complexity index is 1240. The lowest BCUT2D eigenvalue weighted by atomic mass is 9.74. The van der Waals surface area contributed by atoms with Gasteiger partial charge in [0, 0.05) is 30.4 Å². The molecule has 1 aliphatic heterocycles. The van der Waals surface area contributed by atoms with Crippen molar-refractivity contribution in [1.82, 2.24) is 19.8 Å². The zero-order chi connectivity index (χ0) is 21.4. The third-order valence-corrected chi connectivity index (χ3v) is 7.05. The van der Waals surface area contributed by atoms with Crippen LogP contribution in [0.3, 0.4) is 0 Å². The van der Waals surface area contributed by atoms with Gasteiger partial charge in [0.1, 0.15) is 16.3 Å². The van der Waals surface area contributed by atoms with Gasteiger partial charge in [0.05, 0.1) is 16.8 Å². The predicted octanol–water partition coefficient (Wildman–Crippen LogP) is 3.98. The van der Waals surface area contributed by atoms with Crippen LogP contribution in [0.25, 0.3) is 17.0 Å². The summed E-state index contributed by atoms with van der Waals surface area (Å²) < 4.78 is 7.74. The molecule has 1 aliphatic rings. The van der Waals surface area contributed by atoms with Crippen molar-refractivity contribution in [1.29, 1.82) is 0 Å². The molecule has 8 heteroatoms. The van der Waals surface area contributed by atoms with E-state index in [2.05, 4.69) is 14.8 Å². The molecule has 158 valence electrons. The van der Waals surface area contributed by atoms with E-state index in [-0.39, 0.29) is 5.41 Å². The highest BCUT2D eigenvalue weighted by atomic mass is 32.1. The monoisotopic (exact) mass is 434 g/mol. The van der Waals surface area contributed by atoms with Gasteiger partial charge in [-0.25, -0.2) is 15.4 Å². The van der Waals surface area contributed by atoms with Gasteiger partial charge in [-0.1, -0.05) is 18.2 Å². The van der Waals surface area contributed by atoms with Crippen LogP contribution in [0, 0.1) is 6.92 Å². The summed E-state index contributed by atoms with van der Waals surface area (Å²) in [6, 6.07) is 13.4. The van der Waals surface area contributed by atoms with E-state index in [4.69, 9.17) is 14.9 Å². The number of ether oxygens (including phenoxy) is 1. The van der Waals surface area contributed by atoms with Crippen molar-refractivity contribution in [2.24, 2.45) is 0 Å². The summed E-state index contributed by atoms with van der Waals surface area (Å²) >= 11 is 1.65. The van der Waals surface area contributed by atoms with Gasteiger partial charge < -0.3 is 4.74 Å². The molecule has 1 saturated heterocycles. The molecule has 1 aromatic carbocycles. The van der Waals surface area contributed by atoms with Crippen LogP contribution >= 0.6 is 11.3 Å². The zero-order valence-electron chi connectivity index (χ0n) is 17.0. The minimum absolute atomic E-state index is 0.274. The van der Waals surface area contributed by atoms with E-state index in [1.165, 1.54) is 0 Å². The van der Waals surface area contributed by atoms with Crippen LogP contribution in [0.5, 0.6) is 0 Å². The molecule has 0 atom stereocenters. The fraction of sp³-hybridized carbons (Fsp3) is 0.261. The highest BCUT2D eigenvalue weighted by molar-refractivity contribution is 7.10. The molecule has 1 fully saturated rings. The maximum Gasteiger partial charge on any atom is 0.274 e. The Hall–Kier alpha value is -3.07. The van der Waals surface area contributed by atoms with E-state index in [1.54, 1.807) is 28.9 Å². The molecule has 0 saturated carbocycles. The average Bonchev–Trinajstić information content (AvgIpc) is 3.43. The highest BCUT2D eigenvalue weighted by Gasteiger charge is 2.39. The first-order valence-corrected chi connectivity index (χ1v) is 11.0. The summed E-state index contributed by atoms with van der Waals surface area (Å²) in [5.41, 5.74) is 6.70. The number of nitrogens with one attached hydrogen (secondary N) is 1. The van der Waals surface area contributed by atoms with E-state index in [1.807, 2.05) is 43.5 Å². The van der Waals surface area contributed by atoms with Crippen molar-refractivity contribution < 1.29 is 14.7 Å². The number of hydrogen-bond acceptors (Lipinski definition) is 6. The maximum absolute atomic E-state index is 11.7. The number of carbonyl (C=O) groups excluding carboxylic acids is 1. The lowest BCUT2D eigenvalue weighted by Crippen LogP contribution is -2.35. The Labute approximate surface area is 183 Å². The van der Waals surface area contributed by atoms with E-state index in [0.717, 1.165) is 46.1 Å². The van der Waals surface area contributed by atoms with Gasteiger partial charge in [-0.3, -0.25) is 14.4 Å². The number of hydrogen-bond donors (Lipinski definition) is 2. The molecular weight excluding hydrogens is 412 g/mol. The number of hydroxylamine groups is 1. The lowest BCUT2D eigenvalue weighted by Gasteiger charge is -2.36. The molecule has 0 spiro atoms. The number of rotatable bonds is 4. The van der Waals surface area contributed by atoms with Crippen molar-refractivity contribution in [2.75, 3.05) is 13.2 Å². The van der Waals surface area contributed by atoms with Crippen LogP contribution < -0.4 is 5.48 Å². The number of amides is 1. The summed E-state index contributed by atoms with van der Waals surface area (Å²) in [6.07, 6.45) is 3.65. The van der Waals surface area contributed by atoms with Crippen LogP contribution in [0.2, 0.25) is 0 Å². The molecule has 2 N–H and O–H groups in total. The molecular formula is C23H22N4O3S. The standard InChI is InChI=1S/C23H22N4O3S/c1-15-20(27-11-3-2-4-19(27)24-15)18-14-31-22(25-18)23(9-12-30-13-10-23)17-7-5-16(6-8-17)21(28)26-29/h2-8,11,14,29H,9-10,12-13H2,1H3,(H,26,28). The minimum atomic E-state index is -0.521. The Morgan fingerprint density at radius 1 is 1.16 bits per heavy atom. The summed E-state index contributed by atoms with van der Waals surface area (Å²) in [5, 5.41) is 12.0. The van der Waals surface area contributed by atoms with Gasteiger partial charge in [-0.15, -0.1) is 11.3 Å². The van der Waals surface area contributed by atoms with Crippen molar-refractivity contribution in [3.8, 4) is 11.4 Å². The number of pyridine rings is 1. The topological polar surface area (TPSA) is 88.8 Å². The second-order valence-electron chi connectivity index (χ2n) is 7.73. The van der Waals surface area contributed by atoms with Crippen LogP contribution in [0.1, 0.15) is 39.5 Å². The summed E-state index contributed by atoms with van der Waals surface area (Å²) in [4.78, 5) is 21.5. The molecule has 3 aromatic heterocycles. The van der Waals surface area contributed by atoms with Gasteiger partial charge in [0.2, 0.25) is 0 Å². The number of thiazole rings is 1. The zero-order valence-corrected chi connectivity index (χ0v) is 17.9. The number of aromatic nitrogens is 3. The molecule has 7 nitrogen and oxygen atoms in total. The summed E-state index contributed by atoms with van der Waals surface area (Å²) in [5.74, 6) is -0.521. The number of carbonyl (C=O) groups is 1. The Balaban J connectivity index is 1.58. The lowest BCUT2D eigenvalue weighted by molar-refractivity contribution is 0.0629. The smallest absolute Gasteiger partial charge is 0.274 e. The normalized spacial score (nSPS) is 15.8. The van der Waals surface area contributed by atoms with E-state index >= 15 is 0 Å². The minimum Gasteiger partial charge on any atom is -0.381 e. The summed E-state index contributed by atoms with van der Waals surface area (Å²) in [6.45, 7) is 3.32. The second-order valence-corrected chi connectivity index (χ2v) is 8.58. The Kier molecular flexibility index (Phi) is 5.05. The third kappa shape index (κ3) is 3.33.